The normalized spacial score (nSPS) is 20.0. The summed E-state index contributed by atoms with van der Waals surface area (Å²) in [5.74, 6) is 0. The number of fused-ring (bicyclic) bond motifs is 1. The summed E-state index contributed by atoms with van der Waals surface area (Å²) in [4.78, 5) is 2.41. The van der Waals surface area contributed by atoms with Crippen LogP contribution in [-0.4, -0.2) is 25.3 Å². The van der Waals surface area contributed by atoms with Crippen molar-refractivity contribution in [3.05, 3.63) is 29.8 Å². The third-order valence-electron chi connectivity index (χ3n) is 3.52. The van der Waals surface area contributed by atoms with E-state index in [2.05, 4.69) is 49.9 Å². The van der Waals surface area contributed by atoms with Gasteiger partial charge in [0.25, 0.3) is 0 Å². The Bertz CT molecular complexity index is 411. The molecule has 2 rings (SSSR count). The van der Waals surface area contributed by atoms with Gasteiger partial charge in [-0.2, -0.15) is 0 Å². The first-order valence-electron chi connectivity index (χ1n) is 7.21. The Labute approximate surface area is 116 Å². The van der Waals surface area contributed by atoms with Crippen LogP contribution in [0.4, 0.5) is 5.69 Å². The summed E-state index contributed by atoms with van der Waals surface area (Å²) in [6.45, 7) is 9.05. The summed E-state index contributed by atoms with van der Waals surface area (Å²) < 4.78 is 5.84. The second kappa shape index (κ2) is 5.93. The number of rotatable bonds is 3. The van der Waals surface area contributed by atoms with Crippen LogP contribution >= 0.6 is 0 Å². The smallest absolute Gasteiger partial charge is 0.0648 e. The molecule has 1 aliphatic rings. The number of hydrogen-bond donors (Lipinski definition) is 1. The third kappa shape index (κ3) is 3.95. The SMILES string of the molecule is CC(C)(C)OCCN1CCCC(N)c2ccccc21. The molecule has 0 radical (unpaired) electrons. The van der Waals surface area contributed by atoms with E-state index in [0.29, 0.717) is 0 Å². The van der Waals surface area contributed by atoms with Crippen molar-refractivity contribution in [3.8, 4) is 0 Å². The van der Waals surface area contributed by atoms with Gasteiger partial charge in [0.2, 0.25) is 0 Å². The molecule has 0 saturated carbocycles. The van der Waals surface area contributed by atoms with Crippen LogP contribution in [0.1, 0.15) is 45.2 Å². The van der Waals surface area contributed by atoms with Gasteiger partial charge >= 0.3 is 0 Å². The average molecular weight is 262 g/mol. The van der Waals surface area contributed by atoms with Crippen LogP contribution in [-0.2, 0) is 4.74 Å². The van der Waals surface area contributed by atoms with Crippen molar-refractivity contribution in [2.24, 2.45) is 5.73 Å². The van der Waals surface area contributed by atoms with Gasteiger partial charge < -0.3 is 15.4 Å². The third-order valence-corrected chi connectivity index (χ3v) is 3.52. The van der Waals surface area contributed by atoms with Crippen molar-refractivity contribution >= 4 is 5.69 Å². The molecule has 1 heterocycles. The Balaban J connectivity index is 2.06. The molecule has 106 valence electrons. The zero-order valence-corrected chi connectivity index (χ0v) is 12.4. The van der Waals surface area contributed by atoms with Crippen molar-refractivity contribution in [1.29, 1.82) is 0 Å². The summed E-state index contributed by atoms with van der Waals surface area (Å²) >= 11 is 0. The molecule has 1 atom stereocenters. The lowest BCUT2D eigenvalue weighted by molar-refractivity contribution is 0.00136. The largest absolute Gasteiger partial charge is 0.374 e. The first-order chi connectivity index (χ1) is 8.97. The molecule has 1 aromatic carbocycles. The second-order valence-electron chi connectivity index (χ2n) is 6.26. The lowest BCUT2D eigenvalue weighted by Gasteiger charge is -2.27. The molecule has 0 amide bonds. The monoisotopic (exact) mass is 262 g/mol. The molecule has 3 heteroatoms. The van der Waals surface area contributed by atoms with Gasteiger partial charge in [0, 0.05) is 24.8 Å². The molecule has 0 aliphatic carbocycles. The maximum Gasteiger partial charge on any atom is 0.0648 e. The number of nitrogens with two attached hydrogens (primary N) is 1. The summed E-state index contributed by atoms with van der Waals surface area (Å²) in [5.41, 5.74) is 8.74. The van der Waals surface area contributed by atoms with E-state index < -0.39 is 0 Å². The second-order valence-corrected chi connectivity index (χ2v) is 6.26. The Morgan fingerprint density at radius 1 is 1.32 bits per heavy atom. The molecule has 1 unspecified atom stereocenters. The molecule has 3 nitrogen and oxygen atoms in total. The van der Waals surface area contributed by atoms with E-state index in [-0.39, 0.29) is 11.6 Å². The van der Waals surface area contributed by atoms with Gasteiger partial charge in [-0.1, -0.05) is 18.2 Å². The van der Waals surface area contributed by atoms with Crippen molar-refractivity contribution in [3.63, 3.8) is 0 Å². The fraction of sp³-hybridized carbons (Fsp3) is 0.625. The van der Waals surface area contributed by atoms with Gasteiger partial charge in [-0.15, -0.1) is 0 Å². The topological polar surface area (TPSA) is 38.5 Å². The molecule has 0 aromatic heterocycles. The minimum Gasteiger partial charge on any atom is -0.374 e. The van der Waals surface area contributed by atoms with Gasteiger partial charge in [0.15, 0.2) is 0 Å². The maximum atomic E-state index is 6.25. The minimum absolute atomic E-state index is 0.0677. The Kier molecular flexibility index (Phi) is 4.48. The van der Waals surface area contributed by atoms with Crippen LogP contribution in [0.3, 0.4) is 0 Å². The summed E-state index contributed by atoms with van der Waals surface area (Å²) in [6.07, 6.45) is 2.21. The first-order valence-corrected chi connectivity index (χ1v) is 7.21. The zero-order chi connectivity index (χ0) is 13.9. The predicted molar refractivity (Wildman–Crippen MR) is 80.5 cm³/mol. The molecular formula is C16H26N2O. The summed E-state index contributed by atoms with van der Waals surface area (Å²) in [5, 5.41) is 0. The highest BCUT2D eigenvalue weighted by atomic mass is 16.5. The molecule has 0 spiro atoms. The Morgan fingerprint density at radius 3 is 2.79 bits per heavy atom. The van der Waals surface area contributed by atoms with Gasteiger partial charge in [0.1, 0.15) is 0 Å². The first kappa shape index (κ1) is 14.4. The van der Waals surface area contributed by atoms with E-state index in [4.69, 9.17) is 10.5 Å². The van der Waals surface area contributed by atoms with Crippen LogP contribution in [0.2, 0.25) is 0 Å². The van der Waals surface area contributed by atoms with E-state index in [1.807, 2.05) is 0 Å². The highest BCUT2D eigenvalue weighted by molar-refractivity contribution is 5.55. The molecule has 1 aromatic rings. The van der Waals surface area contributed by atoms with Crippen LogP contribution in [0, 0.1) is 0 Å². The summed E-state index contributed by atoms with van der Waals surface area (Å²) in [7, 11) is 0. The zero-order valence-electron chi connectivity index (χ0n) is 12.4. The highest BCUT2D eigenvalue weighted by Crippen LogP contribution is 2.31. The molecule has 0 fully saturated rings. The van der Waals surface area contributed by atoms with Crippen molar-refractivity contribution < 1.29 is 4.74 Å². The highest BCUT2D eigenvalue weighted by Gasteiger charge is 2.20. The van der Waals surface area contributed by atoms with Crippen LogP contribution in [0.15, 0.2) is 24.3 Å². The Morgan fingerprint density at radius 2 is 2.05 bits per heavy atom. The van der Waals surface area contributed by atoms with E-state index in [0.717, 1.165) is 32.5 Å². The number of nitrogens with zero attached hydrogens (tertiary/aromatic N) is 1. The fourth-order valence-corrected chi connectivity index (χ4v) is 2.56. The molecule has 2 N–H and O–H groups in total. The maximum absolute atomic E-state index is 6.25. The van der Waals surface area contributed by atoms with Gasteiger partial charge in [-0.25, -0.2) is 0 Å². The van der Waals surface area contributed by atoms with Crippen molar-refractivity contribution in [1.82, 2.24) is 0 Å². The molecule has 1 aliphatic heterocycles. The molecule has 0 saturated heterocycles. The number of hydrogen-bond acceptors (Lipinski definition) is 3. The number of ether oxygens (including phenoxy) is 1. The molecular weight excluding hydrogens is 236 g/mol. The number of anilines is 1. The van der Waals surface area contributed by atoms with E-state index in [1.165, 1.54) is 11.3 Å². The predicted octanol–water partition coefficient (Wildman–Crippen LogP) is 3.10. The average Bonchev–Trinajstić information content (AvgIpc) is 2.49. The van der Waals surface area contributed by atoms with Crippen LogP contribution in [0.25, 0.3) is 0 Å². The number of benzene rings is 1. The number of para-hydroxylation sites is 1. The summed E-state index contributed by atoms with van der Waals surface area (Å²) in [6, 6.07) is 8.67. The molecule has 0 bridgehead atoms. The van der Waals surface area contributed by atoms with Crippen LogP contribution < -0.4 is 10.6 Å². The Hall–Kier alpha value is -1.06. The van der Waals surface area contributed by atoms with Gasteiger partial charge in [0.05, 0.1) is 12.2 Å². The van der Waals surface area contributed by atoms with E-state index in [9.17, 15) is 0 Å². The van der Waals surface area contributed by atoms with Crippen molar-refractivity contribution in [2.75, 3.05) is 24.6 Å². The van der Waals surface area contributed by atoms with E-state index in [1.54, 1.807) is 0 Å². The van der Waals surface area contributed by atoms with Crippen molar-refractivity contribution in [2.45, 2.75) is 45.3 Å². The minimum atomic E-state index is -0.0677. The molecule has 19 heavy (non-hydrogen) atoms. The van der Waals surface area contributed by atoms with Gasteiger partial charge in [-0.3, -0.25) is 0 Å². The van der Waals surface area contributed by atoms with Gasteiger partial charge in [-0.05, 0) is 45.2 Å². The lowest BCUT2D eigenvalue weighted by Crippen LogP contribution is -2.31. The van der Waals surface area contributed by atoms with Crippen LogP contribution in [0.5, 0.6) is 0 Å². The quantitative estimate of drug-likeness (QED) is 0.909. The standard InChI is InChI=1S/C16H26N2O/c1-16(2,3)19-12-11-18-10-6-8-14(17)13-7-4-5-9-15(13)18/h4-5,7,9,14H,6,8,10-12,17H2,1-3H3. The fourth-order valence-electron chi connectivity index (χ4n) is 2.56. The van der Waals surface area contributed by atoms with E-state index >= 15 is 0 Å². The lowest BCUT2D eigenvalue weighted by atomic mass is 10.0.